The van der Waals surface area contributed by atoms with E-state index in [1.54, 1.807) is 6.07 Å². The van der Waals surface area contributed by atoms with Crippen molar-refractivity contribution in [2.24, 2.45) is 0 Å². The lowest BCUT2D eigenvalue weighted by molar-refractivity contribution is -0.137. The normalized spacial score (nSPS) is 11.5. The summed E-state index contributed by atoms with van der Waals surface area (Å²) in [7, 11) is 0. The first kappa shape index (κ1) is 22.0. The Morgan fingerprint density at radius 2 is 1.78 bits per heavy atom. The number of halogens is 3. The number of nitrogen functional groups attached to an aromatic ring is 1. The predicted molar refractivity (Wildman–Crippen MR) is 119 cm³/mol. The van der Waals surface area contributed by atoms with Gasteiger partial charge in [0.15, 0.2) is 11.0 Å². The smallest absolute Gasteiger partial charge is 0.384 e. The van der Waals surface area contributed by atoms with Crippen LogP contribution >= 0.6 is 23.5 Å². The fraction of sp³-hybridized carbons (Fsp3) is 0.100. The van der Waals surface area contributed by atoms with Crippen LogP contribution in [-0.2, 0) is 6.18 Å². The molecule has 2 aromatic heterocycles. The summed E-state index contributed by atoms with van der Waals surface area (Å²) in [6.07, 6.45) is -2.54. The summed E-state index contributed by atoms with van der Waals surface area (Å²) >= 11 is 2.87. The predicted octanol–water partition coefficient (Wildman–Crippen LogP) is 5.48. The summed E-state index contributed by atoms with van der Waals surface area (Å²) in [5, 5.41) is 12.2. The van der Waals surface area contributed by atoms with E-state index in [2.05, 4.69) is 30.5 Å². The van der Waals surface area contributed by atoms with Crippen LogP contribution in [0.1, 0.15) is 5.56 Å². The molecular formula is C20H16F3N7S2. The molecule has 4 aromatic rings. The van der Waals surface area contributed by atoms with Crippen molar-refractivity contribution >= 4 is 41.0 Å². The third kappa shape index (κ3) is 5.32. The van der Waals surface area contributed by atoms with Crippen LogP contribution in [0.25, 0.3) is 11.4 Å². The Kier molecular flexibility index (Phi) is 6.24. The SMILES string of the molecule is CSc1nc(N)cc(Sc2ccc(-c3nnc(Nc4cccc(C(F)(F)F)c4)[nH]3)cc2)n1. The van der Waals surface area contributed by atoms with Gasteiger partial charge in [0.2, 0.25) is 5.95 Å². The standard InChI is InChI=1S/C20H16F3N7S2/c1-31-19-26-15(24)10-16(27-19)32-14-7-5-11(6-8-14)17-28-18(30-29-17)25-13-4-2-3-12(9-13)20(21,22)23/h2-10H,1H3,(H2,24,26,27)(H2,25,28,29,30). The fourth-order valence-electron chi connectivity index (χ4n) is 2.72. The van der Waals surface area contributed by atoms with E-state index in [9.17, 15) is 13.2 Å². The second kappa shape index (κ2) is 9.09. The van der Waals surface area contributed by atoms with Gasteiger partial charge in [0.05, 0.1) is 5.56 Å². The number of hydrogen-bond donors (Lipinski definition) is 3. The minimum atomic E-state index is -4.42. The number of anilines is 3. The van der Waals surface area contributed by atoms with Crippen LogP contribution in [0, 0.1) is 0 Å². The second-order valence-electron chi connectivity index (χ2n) is 6.47. The molecule has 0 bridgehead atoms. The van der Waals surface area contributed by atoms with Gasteiger partial charge in [-0.15, -0.1) is 10.2 Å². The molecular weight excluding hydrogens is 459 g/mol. The third-order valence-electron chi connectivity index (χ3n) is 4.17. The van der Waals surface area contributed by atoms with Crippen molar-refractivity contribution in [1.29, 1.82) is 0 Å². The zero-order valence-corrected chi connectivity index (χ0v) is 18.1. The molecule has 2 heterocycles. The molecule has 4 N–H and O–H groups in total. The summed E-state index contributed by atoms with van der Waals surface area (Å²) in [5.41, 5.74) is 6.09. The molecule has 4 rings (SSSR count). The van der Waals surface area contributed by atoms with Gasteiger partial charge in [-0.05, 0) is 36.6 Å². The van der Waals surface area contributed by atoms with Crippen LogP contribution < -0.4 is 11.1 Å². The van der Waals surface area contributed by atoms with Gasteiger partial charge >= 0.3 is 6.18 Å². The summed E-state index contributed by atoms with van der Waals surface area (Å²) in [6, 6.07) is 14.1. The number of benzene rings is 2. The highest BCUT2D eigenvalue weighted by Gasteiger charge is 2.30. The van der Waals surface area contributed by atoms with E-state index in [1.165, 1.54) is 35.7 Å². The van der Waals surface area contributed by atoms with E-state index in [0.29, 0.717) is 16.8 Å². The lowest BCUT2D eigenvalue weighted by Crippen LogP contribution is -2.05. The molecule has 0 saturated carbocycles. The van der Waals surface area contributed by atoms with Crippen LogP contribution in [0.5, 0.6) is 0 Å². The van der Waals surface area contributed by atoms with E-state index >= 15 is 0 Å². The molecule has 0 saturated heterocycles. The van der Waals surface area contributed by atoms with Crippen LogP contribution in [0.3, 0.4) is 0 Å². The van der Waals surface area contributed by atoms with Crippen molar-refractivity contribution in [3.05, 3.63) is 60.2 Å². The highest BCUT2D eigenvalue weighted by atomic mass is 32.2. The number of hydrogen-bond acceptors (Lipinski definition) is 8. The highest BCUT2D eigenvalue weighted by Crippen LogP contribution is 2.32. The minimum absolute atomic E-state index is 0.235. The Balaban J connectivity index is 1.46. The first-order valence-electron chi connectivity index (χ1n) is 9.14. The monoisotopic (exact) mass is 475 g/mol. The van der Waals surface area contributed by atoms with Gasteiger partial charge in [-0.2, -0.15) is 13.2 Å². The molecule has 0 aliphatic carbocycles. The van der Waals surface area contributed by atoms with Gasteiger partial charge in [-0.3, -0.25) is 0 Å². The molecule has 0 aliphatic heterocycles. The van der Waals surface area contributed by atoms with Crippen molar-refractivity contribution in [1.82, 2.24) is 25.1 Å². The molecule has 0 fully saturated rings. The lowest BCUT2D eigenvalue weighted by Gasteiger charge is -2.08. The maximum atomic E-state index is 12.9. The van der Waals surface area contributed by atoms with E-state index < -0.39 is 11.7 Å². The third-order valence-corrected chi connectivity index (χ3v) is 5.65. The van der Waals surface area contributed by atoms with Gasteiger partial charge in [0, 0.05) is 22.2 Å². The highest BCUT2D eigenvalue weighted by molar-refractivity contribution is 7.99. The maximum Gasteiger partial charge on any atom is 0.416 e. The molecule has 0 unspecified atom stereocenters. The van der Waals surface area contributed by atoms with Crippen molar-refractivity contribution in [2.45, 2.75) is 21.3 Å². The summed E-state index contributed by atoms with van der Waals surface area (Å²) in [4.78, 5) is 12.5. The Labute approximate surface area is 189 Å². The number of rotatable bonds is 6. The number of thioether (sulfide) groups is 1. The number of H-pyrrole nitrogens is 1. The zero-order valence-electron chi connectivity index (χ0n) is 16.5. The molecule has 164 valence electrons. The van der Waals surface area contributed by atoms with Crippen LogP contribution in [-0.4, -0.2) is 31.4 Å². The van der Waals surface area contributed by atoms with E-state index in [-0.39, 0.29) is 11.6 Å². The van der Waals surface area contributed by atoms with E-state index in [4.69, 9.17) is 5.73 Å². The van der Waals surface area contributed by atoms with E-state index in [0.717, 1.165) is 27.6 Å². The van der Waals surface area contributed by atoms with Gasteiger partial charge in [-0.1, -0.05) is 41.7 Å². The molecule has 2 aromatic carbocycles. The Morgan fingerprint density at radius 3 is 2.50 bits per heavy atom. The summed E-state index contributed by atoms with van der Waals surface area (Å²) < 4.78 is 38.6. The first-order valence-corrected chi connectivity index (χ1v) is 11.2. The maximum absolute atomic E-state index is 12.9. The zero-order chi connectivity index (χ0) is 22.7. The molecule has 32 heavy (non-hydrogen) atoms. The lowest BCUT2D eigenvalue weighted by atomic mass is 10.2. The first-order chi connectivity index (χ1) is 15.3. The number of aromatic amines is 1. The number of alkyl halides is 3. The van der Waals surface area contributed by atoms with Crippen molar-refractivity contribution in [3.63, 3.8) is 0 Å². The molecule has 12 heteroatoms. The van der Waals surface area contributed by atoms with Crippen LogP contribution in [0.4, 0.5) is 30.6 Å². The summed E-state index contributed by atoms with van der Waals surface area (Å²) in [6.45, 7) is 0. The number of nitrogens with one attached hydrogen (secondary N) is 2. The second-order valence-corrected chi connectivity index (χ2v) is 8.34. The number of nitrogens with two attached hydrogens (primary N) is 1. The topological polar surface area (TPSA) is 105 Å². The quantitative estimate of drug-likeness (QED) is 0.191. The minimum Gasteiger partial charge on any atom is -0.384 e. The Morgan fingerprint density at radius 1 is 1.00 bits per heavy atom. The molecule has 0 aliphatic rings. The van der Waals surface area contributed by atoms with Gasteiger partial charge < -0.3 is 16.0 Å². The molecule has 0 spiro atoms. The van der Waals surface area contributed by atoms with Crippen LogP contribution in [0.2, 0.25) is 0 Å². The van der Waals surface area contributed by atoms with Gasteiger partial charge in [-0.25, -0.2) is 9.97 Å². The number of nitrogens with zero attached hydrogens (tertiary/aromatic N) is 4. The number of aromatic nitrogens is 5. The molecule has 7 nitrogen and oxygen atoms in total. The average Bonchev–Trinajstić information content (AvgIpc) is 3.22. The molecule has 0 amide bonds. The molecule has 0 atom stereocenters. The van der Waals surface area contributed by atoms with E-state index in [1.807, 2.05) is 30.5 Å². The van der Waals surface area contributed by atoms with Crippen molar-refractivity contribution in [2.75, 3.05) is 17.3 Å². The van der Waals surface area contributed by atoms with Gasteiger partial charge in [0.25, 0.3) is 0 Å². The van der Waals surface area contributed by atoms with Crippen molar-refractivity contribution < 1.29 is 13.2 Å². The van der Waals surface area contributed by atoms with Gasteiger partial charge in [0.1, 0.15) is 10.8 Å². The Bertz CT molecular complexity index is 1230. The Hall–Kier alpha value is -3.25. The average molecular weight is 476 g/mol. The van der Waals surface area contributed by atoms with Crippen molar-refractivity contribution in [3.8, 4) is 11.4 Å². The fourth-order valence-corrected chi connectivity index (χ4v) is 3.99. The molecule has 0 radical (unpaired) electrons. The summed E-state index contributed by atoms with van der Waals surface area (Å²) in [5.74, 6) is 1.12. The largest absolute Gasteiger partial charge is 0.416 e. The van der Waals surface area contributed by atoms with Crippen LogP contribution in [0.15, 0.2) is 69.7 Å².